The summed E-state index contributed by atoms with van der Waals surface area (Å²) in [4.78, 5) is 30.1. The van der Waals surface area contributed by atoms with Gasteiger partial charge in [-0.1, -0.05) is 23.2 Å². The molecule has 0 aliphatic carbocycles. The maximum atomic E-state index is 12.8. The van der Waals surface area contributed by atoms with E-state index in [1.807, 2.05) is 4.90 Å². The highest BCUT2D eigenvalue weighted by atomic mass is 35.5. The van der Waals surface area contributed by atoms with Crippen molar-refractivity contribution in [1.82, 2.24) is 20.5 Å². The Morgan fingerprint density at radius 2 is 1.96 bits per heavy atom. The first-order valence-corrected chi connectivity index (χ1v) is 9.16. The smallest absolute Gasteiger partial charge is 0.269 e. The van der Waals surface area contributed by atoms with Gasteiger partial charge in [-0.05, 0) is 19.9 Å². The molecular formula is C16H22Cl2N4O3. The minimum Gasteiger partial charge on any atom is -0.378 e. The van der Waals surface area contributed by atoms with E-state index in [0.29, 0.717) is 50.0 Å². The summed E-state index contributed by atoms with van der Waals surface area (Å²) in [5, 5.41) is 6.75. The second-order valence-corrected chi connectivity index (χ2v) is 7.13. The van der Waals surface area contributed by atoms with Gasteiger partial charge in [-0.2, -0.15) is 0 Å². The fourth-order valence-corrected chi connectivity index (χ4v) is 3.69. The molecule has 0 radical (unpaired) electrons. The highest BCUT2D eigenvalue weighted by Gasteiger charge is 2.35. The molecule has 138 valence electrons. The minimum absolute atomic E-state index is 0.0487. The average Bonchev–Trinajstić information content (AvgIpc) is 2.90. The van der Waals surface area contributed by atoms with Crippen molar-refractivity contribution in [3.05, 3.63) is 21.4 Å². The second-order valence-electron chi connectivity index (χ2n) is 6.37. The summed E-state index contributed by atoms with van der Waals surface area (Å²) in [6.07, 6.45) is 0.678. The third-order valence-electron chi connectivity index (χ3n) is 4.72. The molecule has 0 bridgehead atoms. The maximum absolute atomic E-state index is 12.8. The van der Waals surface area contributed by atoms with E-state index in [-0.39, 0.29) is 34.5 Å². The van der Waals surface area contributed by atoms with Gasteiger partial charge in [0, 0.05) is 31.4 Å². The molecule has 1 aromatic heterocycles. The van der Waals surface area contributed by atoms with Crippen LogP contribution in [0.1, 0.15) is 22.6 Å². The number of hydrogen-bond donors (Lipinski definition) is 3. The molecule has 7 nitrogen and oxygen atoms in total. The summed E-state index contributed by atoms with van der Waals surface area (Å²) >= 11 is 12.2. The number of carbonyl (C=O) groups is 2. The Kier molecular flexibility index (Phi) is 5.89. The van der Waals surface area contributed by atoms with E-state index in [0.717, 1.165) is 6.54 Å². The van der Waals surface area contributed by atoms with Crippen molar-refractivity contribution in [2.24, 2.45) is 5.92 Å². The molecule has 3 heterocycles. The Morgan fingerprint density at radius 1 is 1.24 bits per heavy atom. The Hall–Kier alpha value is -1.28. The lowest BCUT2D eigenvalue weighted by atomic mass is 9.91. The van der Waals surface area contributed by atoms with Crippen LogP contribution < -0.4 is 10.6 Å². The maximum Gasteiger partial charge on any atom is 0.269 e. The molecule has 1 aromatic rings. The predicted octanol–water partition coefficient (Wildman–Crippen LogP) is 1.20. The van der Waals surface area contributed by atoms with Gasteiger partial charge in [-0.3, -0.25) is 9.59 Å². The van der Waals surface area contributed by atoms with Crippen molar-refractivity contribution < 1.29 is 14.3 Å². The molecule has 2 atom stereocenters. The Bertz CT molecular complexity index is 658. The van der Waals surface area contributed by atoms with Crippen LogP contribution in [0.4, 0.5) is 0 Å². The number of rotatable bonds is 3. The fourth-order valence-electron chi connectivity index (χ4n) is 3.28. The first-order valence-electron chi connectivity index (χ1n) is 8.40. The number of amides is 2. The summed E-state index contributed by atoms with van der Waals surface area (Å²) in [6.45, 7) is 5.33. The van der Waals surface area contributed by atoms with E-state index >= 15 is 0 Å². The number of halogens is 2. The number of piperidine rings is 1. The third-order valence-corrected chi connectivity index (χ3v) is 5.67. The summed E-state index contributed by atoms with van der Waals surface area (Å²) < 4.78 is 5.30. The van der Waals surface area contributed by atoms with Crippen LogP contribution >= 0.6 is 23.2 Å². The lowest BCUT2D eigenvalue weighted by Gasteiger charge is -2.36. The third kappa shape index (κ3) is 3.95. The summed E-state index contributed by atoms with van der Waals surface area (Å²) in [5.74, 6) is -0.597. The van der Waals surface area contributed by atoms with Gasteiger partial charge in [0.1, 0.15) is 5.69 Å². The number of aromatic amines is 1. The van der Waals surface area contributed by atoms with E-state index in [1.165, 1.54) is 0 Å². The van der Waals surface area contributed by atoms with E-state index in [1.54, 1.807) is 6.92 Å². The number of aromatic nitrogens is 1. The number of carbonyl (C=O) groups excluding carboxylic acids is 2. The Morgan fingerprint density at radius 3 is 2.60 bits per heavy atom. The van der Waals surface area contributed by atoms with Crippen LogP contribution in [0.15, 0.2) is 0 Å². The zero-order valence-electron chi connectivity index (χ0n) is 14.0. The van der Waals surface area contributed by atoms with Gasteiger partial charge in [-0.25, -0.2) is 0 Å². The van der Waals surface area contributed by atoms with Crippen LogP contribution in [0, 0.1) is 12.8 Å². The first-order chi connectivity index (χ1) is 12.0. The molecule has 3 rings (SSSR count). The SMILES string of the molecule is Cc1[nH]c(C(=O)N[C@@H]2CCNC[C@H]2C(=O)N2CCOCC2)c(Cl)c1Cl. The van der Waals surface area contributed by atoms with E-state index in [4.69, 9.17) is 27.9 Å². The molecule has 3 N–H and O–H groups in total. The fraction of sp³-hybridized carbons (Fsp3) is 0.625. The molecular weight excluding hydrogens is 367 g/mol. The van der Waals surface area contributed by atoms with Crippen LogP contribution in [-0.2, 0) is 9.53 Å². The highest BCUT2D eigenvalue weighted by Crippen LogP contribution is 2.29. The number of aryl methyl sites for hydroxylation is 1. The minimum atomic E-state index is -0.341. The average molecular weight is 389 g/mol. The van der Waals surface area contributed by atoms with Crippen molar-refractivity contribution in [1.29, 1.82) is 0 Å². The molecule has 0 unspecified atom stereocenters. The van der Waals surface area contributed by atoms with Gasteiger partial charge >= 0.3 is 0 Å². The van der Waals surface area contributed by atoms with Gasteiger partial charge in [-0.15, -0.1) is 0 Å². The molecule has 2 aliphatic rings. The van der Waals surface area contributed by atoms with E-state index < -0.39 is 0 Å². The molecule has 0 aromatic carbocycles. The molecule has 2 amide bonds. The van der Waals surface area contributed by atoms with Crippen molar-refractivity contribution in [2.75, 3.05) is 39.4 Å². The van der Waals surface area contributed by atoms with E-state index in [2.05, 4.69) is 15.6 Å². The van der Waals surface area contributed by atoms with Crippen LogP contribution in [0.2, 0.25) is 10.0 Å². The van der Waals surface area contributed by atoms with Crippen molar-refractivity contribution in [3.63, 3.8) is 0 Å². The zero-order valence-corrected chi connectivity index (χ0v) is 15.5. The van der Waals surface area contributed by atoms with Crippen LogP contribution in [0.25, 0.3) is 0 Å². The molecule has 9 heteroatoms. The second kappa shape index (κ2) is 7.95. The normalized spacial score (nSPS) is 24.2. The van der Waals surface area contributed by atoms with Crippen LogP contribution in [0.5, 0.6) is 0 Å². The van der Waals surface area contributed by atoms with Crippen LogP contribution in [0.3, 0.4) is 0 Å². The number of nitrogens with one attached hydrogen (secondary N) is 3. The van der Waals surface area contributed by atoms with Crippen LogP contribution in [-0.4, -0.2) is 67.1 Å². The van der Waals surface area contributed by atoms with Gasteiger partial charge < -0.3 is 25.3 Å². The molecule has 0 saturated carbocycles. The quantitative estimate of drug-likeness (QED) is 0.725. The van der Waals surface area contributed by atoms with Gasteiger partial charge in [0.25, 0.3) is 5.91 Å². The number of nitrogens with zero attached hydrogens (tertiary/aromatic N) is 1. The van der Waals surface area contributed by atoms with Crippen molar-refractivity contribution in [2.45, 2.75) is 19.4 Å². The lowest BCUT2D eigenvalue weighted by molar-refractivity contribution is -0.140. The molecule has 0 spiro atoms. The molecule has 2 saturated heterocycles. The molecule has 2 fully saturated rings. The topological polar surface area (TPSA) is 86.5 Å². The monoisotopic (exact) mass is 388 g/mol. The largest absolute Gasteiger partial charge is 0.378 e. The van der Waals surface area contributed by atoms with Crippen molar-refractivity contribution >= 4 is 35.0 Å². The predicted molar refractivity (Wildman–Crippen MR) is 95.2 cm³/mol. The Balaban J connectivity index is 1.71. The highest BCUT2D eigenvalue weighted by molar-refractivity contribution is 6.44. The number of H-pyrrole nitrogens is 1. The molecule has 25 heavy (non-hydrogen) atoms. The van der Waals surface area contributed by atoms with Crippen molar-refractivity contribution in [3.8, 4) is 0 Å². The van der Waals surface area contributed by atoms with Gasteiger partial charge in [0.2, 0.25) is 5.91 Å². The first kappa shape index (κ1) is 18.5. The van der Waals surface area contributed by atoms with Gasteiger partial charge in [0.15, 0.2) is 0 Å². The molecule has 2 aliphatic heterocycles. The lowest BCUT2D eigenvalue weighted by Crippen LogP contribution is -2.56. The Labute approximate surface area is 156 Å². The standard InChI is InChI=1S/C16H22Cl2N4O3/c1-9-12(17)13(18)14(20-9)15(23)21-11-2-3-19-8-10(11)16(24)22-4-6-25-7-5-22/h10-11,19-20H,2-8H2,1H3,(H,21,23)/t10-,11-/m1/s1. The van der Waals surface area contributed by atoms with E-state index in [9.17, 15) is 9.59 Å². The number of ether oxygens (including phenoxy) is 1. The number of morpholine rings is 1. The number of hydrogen-bond acceptors (Lipinski definition) is 4. The summed E-state index contributed by atoms with van der Waals surface area (Å²) in [6, 6.07) is -0.248. The summed E-state index contributed by atoms with van der Waals surface area (Å²) in [5.41, 5.74) is 0.878. The van der Waals surface area contributed by atoms with Gasteiger partial charge in [0.05, 0.1) is 29.2 Å². The zero-order chi connectivity index (χ0) is 18.0. The summed E-state index contributed by atoms with van der Waals surface area (Å²) in [7, 11) is 0.